The van der Waals surface area contributed by atoms with E-state index in [4.69, 9.17) is 13.9 Å². The Morgan fingerprint density at radius 2 is 1.77 bits per heavy atom. The van der Waals surface area contributed by atoms with E-state index >= 15 is 0 Å². The molecule has 4 rings (SSSR count). The Kier molecular flexibility index (Phi) is 4.23. The summed E-state index contributed by atoms with van der Waals surface area (Å²) in [6, 6.07) is 5.12. The fourth-order valence-electron chi connectivity index (χ4n) is 2.89. The lowest BCUT2D eigenvalue weighted by Gasteiger charge is -2.32. The molecule has 9 nitrogen and oxygen atoms in total. The molecular weight excluding hydrogens is 360 g/mol. The second kappa shape index (κ2) is 6.44. The summed E-state index contributed by atoms with van der Waals surface area (Å²) in [4.78, 5) is 2.11. The zero-order valence-electron chi connectivity index (χ0n) is 14.6. The van der Waals surface area contributed by atoms with Crippen LogP contribution in [0.3, 0.4) is 0 Å². The normalized spacial score (nSPS) is 17.9. The van der Waals surface area contributed by atoms with Crippen molar-refractivity contribution in [1.82, 2.24) is 14.5 Å². The number of sulfonamides is 1. The van der Waals surface area contributed by atoms with E-state index in [0.29, 0.717) is 49.6 Å². The van der Waals surface area contributed by atoms with Crippen LogP contribution in [0.25, 0.3) is 0 Å². The third-order valence-corrected chi connectivity index (χ3v) is 6.31. The first-order valence-corrected chi connectivity index (χ1v) is 9.87. The smallest absolute Gasteiger partial charge is 0.318 e. The highest BCUT2D eigenvalue weighted by Gasteiger charge is 2.31. The molecule has 1 aromatic carbocycles. The Balaban J connectivity index is 1.46. The van der Waals surface area contributed by atoms with Gasteiger partial charge in [0, 0.05) is 38.2 Å². The maximum Gasteiger partial charge on any atom is 0.318 e. The number of hydrogen-bond acceptors (Lipinski definition) is 8. The number of fused-ring (bicyclic) bond motifs is 1. The zero-order chi connectivity index (χ0) is 18.3. The number of hydrogen-bond donors (Lipinski definition) is 0. The Morgan fingerprint density at radius 1 is 1.04 bits per heavy atom. The van der Waals surface area contributed by atoms with E-state index in [2.05, 4.69) is 10.2 Å². The van der Waals surface area contributed by atoms with Crippen molar-refractivity contribution in [3.05, 3.63) is 24.1 Å². The molecule has 1 saturated heterocycles. The lowest BCUT2D eigenvalue weighted by Crippen LogP contribution is -2.48. The molecular formula is C16H20N4O5S. The Labute approximate surface area is 151 Å². The molecule has 2 aliphatic heterocycles. The molecule has 10 heteroatoms. The number of piperazine rings is 1. The van der Waals surface area contributed by atoms with Crippen LogP contribution in [0, 0.1) is 0 Å². The minimum Gasteiger partial charge on any atom is -0.454 e. The number of nitrogens with zero attached hydrogens (tertiary/aromatic N) is 4. The summed E-state index contributed by atoms with van der Waals surface area (Å²) >= 11 is 0. The predicted molar refractivity (Wildman–Crippen MR) is 91.9 cm³/mol. The summed E-state index contributed by atoms with van der Waals surface area (Å²) < 4.78 is 43.4. The van der Waals surface area contributed by atoms with Gasteiger partial charge in [-0.15, -0.1) is 5.10 Å². The van der Waals surface area contributed by atoms with E-state index in [1.54, 1.807) is 12.1 Å². The summed E-state index contributed by atoms with van der Waals surface area (Å²) in [7, 11) is -3.59. The number of anilines is 1. The van der Waals surface area contributed by atoms with Crippen LogP contribution in [0.2, 0.25) is 0 Å². The number of ether oxygens (including phenoxy) is 2. The molecule has 3 heterocycles. The Morgan fingerprint density at radius 3 is 2.46 bits per heavy atom. The van der Waals surface area contributed by atoms with Crippen LogP contribution in [0.1, 0.15) is 25.7 Å². The standard InChI is InChI=1S/C16H20N4O5S/c1-11(2)15-17-18-16(25-15)19-5-7-20(8-6-19)26(21,22)12-3-4-13-14(9-12)24-10-23-13/h3-4,9,11H,5-8,10H2,1-2H3. The molecule has 26 heavy (non-hydrogen) atoms. The van der Waals surface area contributed by atoms with Gasteiger partial charge in [-0.25, -0.2) is 8.42 Å². The van der Waals surface area contributed by atoms with Crippen molar-refractivity contribution >= 4 is 16.0 Å². The van der Waals surface area contributed by atoms with Crippen molar-refractivity contribution in [3.63, 3.8) is 0 Å². The van der Waals surface area contributed by atoms with Gasteiger partial charge < -0.3 is 18.8 Å². The molecule has 0 radical (unpaired) electrons. The molecule has 0 bridgehead atoms. The molecule has 0 spiro atoms. The highest BCUT2D eigenvalue weighted by Crippen LogP contribution is 2.34. The van der Waals surface area contributed by atoms with E-state index < -0.39 is 10.0 Å². The maximum atomic E-state index is 12.9. The first-order chi connectivity index (χ1) is 12.4. The van der Waals surface area contributed by atoms with Gasteiger partial charge in [-0.3, -0.25) is 0 Å². The van der Waals surface area contributed by atoms with Gasteiger partial charge in [-0.1, -0.05) is 18.9 Å². The van der Waals surface area contributed by atoms with E-state index in [-0.39, 0.29) is 17.6 Å². The number of benzene rings is 1. The quantitative estimate of drug-likeness (QED) is 0.786. The van der Waals surface area contributed by atoms with Gasteiger partial charge in [0.15, 0.2) is 11.5 Å². The van der Waals surface area contributed by atoms with Crippen LogP contribution in [0.4, 0.5) is 6.01 Å². The van der Waals surface area contributed by atoms with Crippen molar-refractivity contribution < 1.29 is 22.3 Å². The van der Waals surface area contributed by atoms with E-state index in [1.807, 2.05) is 18.7 Å². The van der Waals surface area contributed by atoms with Crippen LogP contribution in [-0.2, 0) is 10.0 Å². The van der Waals surface area contributed by atoms with Gasteiger partial charge in [0.05, 0.1) is 4.90 Å². The van der Waals surface area contributed by atoms with Gasteiger partial charge in [-0.2, -0.15) is 4.31 Å². The van der Waals surface area contributed by atoms with Crippen molar-refractivity contribution in [1.29, 1.82) is 0 Å². The van der Waals surface area contributed by atoms with Crippen LogP contribution in [0.5, 0.6) is 11.5 Å². The minimum absolute atomic E-state index is 0.111. The molecule has 1 fully saturated rings. The zero-order valence-corrected chi connectivity index (χ0v) is 15.4. The van der Waals surface area contributed by atoms with Crippen LogP contribution in [0.15, 0.2) is 27.5 Å². The molecule has 0 amide bonds. The minimum atomic E-state index is -3.59. The maximum absolute atomic E-state index is 12.9. The van der Waals surface area contributed by atoms with Crippen LogP contribution >= 0.6 is 0 Å². The summed E-state index contributed by atoms with van der Waals surface area (Å²) in [5.74, 6) is 1.75. The second-order valence-electron chi connectivity index (χ2n) is 6.48. The summed E-state index contributed by atoms with van der Waals surface area (Å²) in [5, 5.41) is 8.08. The molecule has 0 unspecified atom stereocenters. The van der Waals surface area contributed by atoms with Gasteiger partial charge in [0.2, 0.25) is 22.7 Å². The summed E-state index contributed by atoms with van der Waals surface area (Å²) in [5.41, 5.74) is 0. The first kappa shape index (κ1) is 17.1. The fourth-order valence-corrected chi connectivity index (χ4v) is 4.33. The number of rotatable bonds is 4. The van der Waals surface area contributed by atoms with E-state index in [1.165, 1.54) is 10.4 Å². The Bertz CT molecular complexity index is 903. The van der Waals surface area contributed by atoms with Crippen LogP contribution in [-0.4, -0.2) is 55.9 Å². The van der Waals surface area contributed by atoms with Gasteiger partial charge in [0.25, 0.3) is 0 Å². The van der Waals surface area contributed by atoms with Crippen molar-refractivity contribution in [3.8, 4) is 11.5 Å². The fraction of sp³-hybridized carbons (Fsp3) is 0.500. The monoisotopic (exact) mass is 380 g/mol. The first-order valence-electron chi connectivity index (χ1n) is 8.43. The van der Waals surface area contributed by atoms with Gasteiger partial charge >= 0.3 is 6.01 Å². The largest absolute Gasteiger partial charge is 0.454 e. The third kappa shape index (κ3) is 2.99. The molecule has 0 atom stereocenters. The third-order valence-electron chi connectivity index (χ3n) is 4.41. The van der Waals surface area contributed by atoms with E-state index in [0.717, 1.165) is 0 Å². The van der Waals surface area contributed by atoms with E-state index in [9.17, 15) is 8.42 Å². The molecule has 1 aromatic heterocycles. The van der Waals surface area contributed by atoms with Crippen LogP contribution < -0.4 is 14.4 Å². The Hall–Kier alpha value is -2.33. The van der Waals surface area contributed by atoms with Gasteiger partial charge in [-0.05, 0) is 12.1 Å². The molecule has 2 aromatic rings. The molecule has 0 N–H and O–H groups in total. The molecule has 0 aliphatic carbocycles. The molecule has 2 aliphatic rings. The van der Waals surface area contributed by atoms with Gasteiger partial charge in [0.1, 0.15) is 0 Å². The SMILES string of the molecule is CC(C)c1nnc(N2CCN(S(=O)(=O)c3ccc4c(c3)OCO4)CC2)o1. The molecule has 140 valence electrons. The highest BCUT2D eigenvalue weighted by atomic mass is 32.2. The summed E-state index contributed by atoms with van der Waals surface area (Å²) in [6.45, 7) is 5.74. The lowest BCUT2D eigenvalue weighted by molar-refractivity contribution is 0.174. The average molecular weight is 380 g/mol. The highest BCUT2D eigenvalue weighted by molar-refractivity contribution is 7.89. The topological polar surface area (TPSA) is 98.0 Å². The molecule has 0 saturated carbocycles. The lowest BCUT2D eigenvalue weighted by atomic mass is 10.2. The summed E-state index contributed by atoms with van der Waals surface area (Å²) in [6.07, 6.45) is 0. The second-order valence-corrected chi connectivity index (χ2v) is 8.42. The number of aromatic nitrogens is 2. The van der Waals surface area contributed by atoms with Crippen molar-refractivity contribution in [2.75, 3.05) is 37.9 Å². The predicted octanol–water partition coefficient (Wildman–Crippen LogP) is 1.43. The van der Waals surface area contributed by atoms with Crippen molar-refractivity contribution in [2.45, 2.75) is 24.7 Å². The average Bonchev–Trinajstić information content (AvgIpc) is 3.30. The van der Waals surface area contributed by atoms with Crippen molar-refractivity contribution in [2.24, 2.45) is 0 Å².